The van der Waals surface area contributed by atoms with Crippen molar-refractivity contribution in [3.63, 3.8) is 0 Å². The van der Waals surface area contributed by atoms with Gasteiger partial charge in [0.05, 0.1) is 6.54 Å². The van der Waals surface area contributed by atoms with Crippen LogP contribution in [0.2, 0.25) is 0 Å². The molecule has 1 aliphatic heterocycles. The summed E-state index contributed by atoms with van der Waals surface area (Å²) in [6, 6.07) is 7.89. The fourth-order valence-corrected chi connectivity index (χ4v) is 1.83. The quantitative estimate of drug-likeness (QED) is 0.769. The number of aromatic nitrogens is 1. The van der Waals surface area contributed by atoms with E-state index < -0.39 is 0 Å². The van der Waals surface area contributed by atoms with Crippen LogP contribution in [-0.4, -0.2) is 24.2 Å². The molecule has 1 saturated heterocycles. The Labute approximate surface area is 86.4 Å². The predicted octanol–water partition coefficient (Wildman–Crippen LogP) is 2.12. The SMILES string of the molecule is O=C1OCCN1c1ccc2cc[nH]c2c1. The largest absolute Gasteiger partial charge is 0.447 e. The van der Waals surface area contributed by atoms with Crippen LogP contribution in [0, 0.1) is 0 Å². The second-order valence-electron chi connectivity index (χ2n) is 3.52. The molecule has 0 unspecified atom stereocenters. The highest BCUT2D eigenvalue weighted by molar-refractivity contribution is 5.92. The van der Waals surface area contributed by atoms with Crippen molar-refractivity contribution in [1.29, 1.82) is 0 Å². The van der Waals surface area contributed by atoms with E-state index >= 15 is 0 Å². The summed E-state index contributed by atoms with van der Waals surface area (Å²) in [5, 5.41) is 1.14. The fraction of sp³-hybridized carbons (Fsp3) is 0.182. The molecular weight excluding hydrogens is 192 g/mol. The molecule has 1 aromatic carbocycles. The molecule has 0 spiro atoms. The lowest BCUT2D eigenvalue weighted by Crippen LogP contribution is -2.23. The van der Waals surface area contributed by atoms with Gasteiger partial charge >= 0.3 is 6.09 Å². The van der Waals surface area contributed by atoms with Crippen molar-refractivity contribution in [2.24, 2.45) is 0 Å². The zero-order chi connectivity index (χ0) is 10.3. The lowest BCUT2D eigenvalue weighted by molar-refractivity contribution is 0.181. The van der Waals surface area contributed by atoms with Gasteiger partial charge < -0.3 is 9.72 Å². The smallest absolute Gasteiger partial charge is 0.414 e. The number of H-pyrrole nitrogens is 1. The molecule has 0 bridgehead atoms. The van der Waals surface area contributed by atoms with Gasteiger partial charge in [-0.25, -0.2) is 4.79 Å². The monoisotopic (exact) mass is 202 g/mol. The van der Waals surface area contributed by atoms with Gasteiger partial charge in [-0.1, -0.05) is 6.07 Å². The second kappa shape index (κ2) is 3.02. The highest BCUT2D eigenvalue weighted by Gasteiger charge is 2.23. The number of rotatable bonds is 1. The van der Waals surface area contributed by atoms with Crippen molar-refractivity contribution in [3.8, 4) is 0 Å². The molecular formula is C11H10N2O2. The minimum atomic E-state index is -0.263. The van der Waals surface area contributed by atoms with Crippen molar-refractivity contribution >= 4 is 22.7 Å². The van der Waals surface area contributed by atoms with Crippen LogP contribution < -0.4 is 4.90 Å². The average Bonchev–Trinajstić information content (AvgIpc) is 2.84. The van der Waals surface area contributed by atoms with E-state index in [2.05, 4.69) is 4.98 Å². The number of hydrogen-bond acceptors (Lipinski definition) is 2. The highest BCUT2D eigenvalue weighted by Crippen LogP contribution is 2.23. The Kier molecular flexibility index (Phi) is 1.68. The molecule has 2 heterocycles. The first-order chi connectivity index (χ1) is 7.34. The van der Waals surface area contributed by atoms with E-state index in [1.807, 2.05) is 30.5 Å². The summed E-state index contributed by atoms with van der Waals surface area (Å²) in [7, 11) is 0. The van der Waals surface area contributed by atoms with E-state index in [0.717, 1.165) is 16.6 Å². The number of aromatic amines is 1. The maximum absolute atomic E-state index is 11.3. The molecule has 1 amide bonds. The molecule has 15 heavy (non-hydrogen) atoms. The Morgan fingerprint density at radius 2 is 2.27 bits per heavy atom. The zero-order valence-electron chi connectivity index (χ0n) is 8.06. The van der Waals surface area contributed by atoms with E-state index in [0.29, 0.717) is 13.2 Å². The lowest BCUT2D eigenvalue weighted by Gasteiger charge is -2.12. The normalized spacial score (nSPS) is 16.0. The lowest BCUT2D eigenvalue weighted by atomic mass is 10.2. The van der Waals surface area contributed by atoms with Gasteiger partial charge in [0.1, 0.15) is 6.61 Å². The second-order valence-corrected chi connectivity index (χ2v) is 3.52. The zero-order valence-corrected chi connectivity index (χ0v) is 8.06. The first kappa shape index (κ1) is 8.35. The third-order valence-corrected chi connectivity index (χ3v) is 2.61. The fourth-order valence-electron chi connectivity index (χ4n) is 1.83. The van der Waals surface area contributed by atoms with Crippen molar-refractivity contribution in [2.45, 2.75) is 0 Å². The van der Waals surface area contributed by atoms with Crippen LogP contribution in [-0.2, 0) is 4.74 Å². The molecule has 76 valence electrons. The number of ether oxygens (including phenoxy) is 1. The number of carbonyl (C=O) groups excluding carboxylic acids is 1. The van der Waals surface area contributed by atoms with E-state index in [9.17, 15) is 4.79 Å². The summed E-state index contributed by atoms with van der Waals surface area (Å²) in [6.07, 6.45) is 1.62. The minimum absolute atomic E-state index is 0.263. The van der Waals surface area contributed by atoms with Gasteiger partial charge in [0, 0.05) is 17.4 Å². The van der Waals surface area contributed by atoms with Gasteiger partial charge in [-0.15, -0.1) is 0 Å². The number of benzene rings is 1. The molecule has 4 nitrogen and oxygen atoms in total. The van der Waals surface area contributed by atoms with Crippen LogP contribution in [0.1, 0.15) is 0 Å². The first-order valence-corrected chi connectivity index (χ1v) is 4.86. The van der Waals surface area contributed by atoms with Crippen LogP contribution in [0.15, 0.2) is 30.5 Å². The summed E-state index contributed by atoms with van der Waals surface area (Å²) in [5.74, 6) is 0. The predicted molar refractivity (Wildman–Crippen MR) is 57.0 cm³/mol. The summed E-state index contributed by atoms with van der Waals surface area (Å²) in [4.78, 5) is 16.1. The number of carbonyl (C=O) groups is 1. The molecule has 3 rings (SSSR count). The van der Waals surface area contributed by atoms with E-state index in [-0.39, 0.29) is 6.09 Å². The van der Waals surface area contributed by atoms with Crippen LogP contribution >= 0.6 is 0 Å². The molecule has 1 aliphatic rings. The van der Waals surface area contributed by atoms with Crippen molar-refractivity contribution in [2.75, 3.05) is 18.1 Å². The number of cyclic esters (lactones) is 1. The molecule has 1 fully saturated rings. The van der Waals surface area contributed by atoms with Gasteiger partial charge in [-0.05, 0) is 23.6 Å². The summed E-state index contributed by atoms with van der Waals surface area (Å²) >= 11 is 0. The van der Waals surface area contributed by atoms with Crippen LogP contribution in [0.3, 0.4) is 0 Å². The van der Waals surface area contributed by atoms with E-state index in [1.165, 1.54) is 0 Å². The van der Waals surface area contributed by atoms with Crippen molar-refractivity contribution < 1.29 is 9.53 Å². The molecule has 2 aromatic rings. The number of nitrogens with zero attached hydrogens (tertiary/aromatic N) is 1. The molecule has 0 saturated carbocycles. The topological polar surface area (TPSA) is 45.3 Å². The Hall–Kier alpha value is -1.97. The van der Waals surface area contributed by atoms with Crippen LogP contribution in [0.4, 0.5) is 10.5 Å². The van der Waals surface area contributed by atoms with Gasteiger partial charge in [0.25, 0.3) is 0 Å². The van der Waals surface area contributed by atoms with Crippen LogP contribution in [0.25, 0.3) is 10.9 Å². The molecule has 4 heteroatoms. The summed E-state index contributed by atoms with van der Waals surface area (Å²) in [6.45, 7) is 1.10. The summed E-state index contributed by atoms with van der Waals surface area (Å²) in [5.41, 5.74) is 1.92. The number of fused-ring (bicyclic) bond motifs is 1. The van der Waals surface area contributed by atoms with Crippen LogP contribution in [0.5, 0.6) is 0 Å². The number of nitrogens with one attached hydrogen (secondary N) is 1. The number of anilines is 1. The minimum Gasteiger partial charge on any atom is -0.447 e. The Bertz CT molecular complexity index is 518. The Morgan fingerprint density at radius 3 is 3.07 bits per heavy atom. The molecule has 1 aromatic heterocycles. The van der Waals surface area contributed by atoms with Crippen molar-refractivity contribution in [1.82, 2.24) is 4.98 Å². The summed E-state index contributed by atoms with van der Waals surface area (Å²) < 4.78 is 4.89. The number of hydrogen-bond donors (Lipinski definition) is 1. The maximum Gasteiger partial charge on any atom is 0.414 e. The molecule has 0 atom stereocenters. The molecule has 1 N–H and O–H groups in total. The average molecular weight is 202 g/mol. The molecule has 0 aliphatic carbocycles. The van der Waals surface area contributed by atoms with Gasteiger partial charge in [0.2, 0.25) is 0 Å². The van der Waals surface area contributed by atoms with Gasteiger partial charge in [-0.3, -0.25) is 4.90 Å². The van der Waals surface area contributed by atoms with Gasteiger partial charge in [-0.2, -0.15) is 0 Å². The van der Waals surface area contributed by atoms with Gasteiger partial charge in [0.15, 0.2) is 0 Å². The third kappa shape index (κ3) is 1.26. The maximum atomic E-state index is 11.3. The van der Waals surface area contributed by atoms with E-state index in [1.54, 1.807) is 4.90 Å². The first-order valence-electron chi connectivity index (χ1n) is 4.86. The van der Waals surface area contributed by atoms with Crippen molar-refractivity contribution in [3.05, 3.63) is 30.5 Å². The Morgan fingerprint density at radius 1 is 1.33 bits per heavy atom. The third-order valence-electron chi connectivity index (χ3n) is 2.61. The molecule has 0 radical (unpaired) electrons. The van der Waals surface area contributed by atoms with E-state index in [4.69, 9.17) is 4.74 Å². The Balaban J connectivity index is 2.06. The number of amides is 1. The highest BCUT2D eigenvalue weighted by atomic mass is 16.6. The standard InChI is InChI=1S/C11H10N2O2/c14-11-13(5-6-15-11)9-2-1-8-3-4-12-10(8)7-9/h1-4,7,12H,5-6H2.